The predicted octanol–water partition coefficient (Wildman–Crippen LogP) is 4.50. The number of hydrogen-bond acceptors (Lipinski definition) is 4. The van der Waals surface area contributed by atoms with Crippen molar-refractivity contribution in [3.05, 3.63) is 35.4 Å². The van der Waals surface area contributed by atoms with Crippen molar-refractivity contribution in [2.24, 2.45) is 5.92 Å². The van der Waals surface area contributed by atoms with Gasteiger partial charge in [-0.2, -0.15) is 0 Å². The quantitative estimate of drug-likeness (QED) is 0.698. The van der Waals surface area contributed by atoms with Gasteiger partial charge in [0, 0.05) is 37.2 Å². The summed E-state index contributed by atoms with van der Waals surface area (Å²) < 4.78 is 5.12. The number of amides is 1. The van der Waals surface area contributed by atoms with Crippen LogP contribution in [0.4, 0.5) is 4.79 Å². The Kier molecular flexibility index (Phi) is 6.99. The number of piperidine rings is 2. The minimum Gasteiger partial charge on any atom is -0.450 e. The Hall–Kier alpha value is -1.88. The SMILES string of the molecule is CCOC(=O)N1CCC(N2CCC[C@@H](C(=O)c3ccc(C(C)(C)C)cc3)C2)CC1. The van der Waals surface area contributed by atoms with Crippen LogP contribution in [-0.2, 0) is 10.2 Å². The van der Waals surface area contributed by atoms with Crippen LogP contribution in [0.25, 0.3) is 0 Å². The molecule has 5 heteroatoms. The van der Waals surface area contributed by atoms with Crippen LogP contribution in [0.3, 0.4) is 0 Å². The topological polar surface area (TPSA) is 49.9 Å². The third-order valence-corrected chi connectivity index (χ3v) is 6.37. The van der Waals surface area contributed by atoms with E-state index in [0.717, 1.165) is 57.4 Å². The maximum atomic E-state index is 13.1. The summed E-state index contributed by atoms with van der Waals surface area (Å²) in [6.45, 7) is 12.2. The zero-order chi connectivity index (χ0) is 21.0. The summed E-state index contributed by atoms with van der Waals surface area (Å²) in [4.78, 5) is 29.3. The third kappa shape index (κ3) is 5.39. The third-order valence-electron chi connectivity index (χ3n) is 6.37. The molecule has 2 aliphatic heterocycles. The van der Waals surface area contributed by atoms with Crippen molar-refractivity contribution in [3.8, 4) is 0 Å². The molecule has 2 aliphatic rings. The monoisotopic (exact) mass is 400 g/mol. The first-order valence-corrected chi connectivity index (χ1v) is 11.1. The number of Topliss-reactive ketones (excluding diaryl/α,β-unsaturated/α-hetero) is 1. The smallest absolute Gasteiger partial charge is 0.409 e. The summed E-state index contributed by atoms with van der Waals surface area (Å²) in [7, 11) is 0. The van der Waals surface area contributed by atoms with Gasteiger partial charge in [0.05, 0.1) is 6.61 Å². The van der Waals surface area contributed by atoms with Gasteiger partial charge in [-0.1, -0.05) is 45.0 Å². The Morgan fingerprint density at radius 2 is 1.69 bits per heavy atom. The van der Waals surface area contributed by atoms with Gasteiger partial charge in [-0.15, -0.1) is 0 Å². The van der Waals surface area contributed by atoms with Gasteiger partial charge >= 0.3 is 6.09 Å². The largest absolute Gasteiger partial charge is 0.450 e. The molecule has 2 fully saturated rings. The highest BCUT2D eigenvalue weighted by molar-refractivity contribution is 5.98. The fourth-order valence-electron chi connectivity index (χ4n) is 4.55. The van der Waals surface area contributed by atoms with Gasteiger partial charge in [-0.3, -0.25) is 9.69 Å². The molecule has 5 nitrogen and oxygen atoms in total. The summed E-state index contributed by atoms with van der Waals surface area (Å²) in [5.41, 5.74) is 2.19. The summed E-state index contributed by atoms with van der Waals surface area (Å²) >= 11 is 0. The van der Waals surface area contributed by atoms with Crippen molar-refractivity contribution < 1.29 is 14.3 Å². The fourth-order valence-corrected chi connectivity index (χ4v) is 4.55. The second kappa shape index (κ2) is 9.29. The maximum Gasteiger partial charge on any atom is 0.409 e. The zero-order valence-electron chi connectivity index (χ0n) is 18.4. The van der Waals surface area contributed by atoms with Crippen LogP contribution < -0.4 is 0 Å². The van der Waals surface area contributed by atoms with E-state index in [9.17, 15) is 9.59 Å². The first-order valence-electron chi connectivity index (χ1n) is 11.1. The minimum atomic E-state index is -0.198. The molecule has 1 amide bonds. The molecular formula is C24H36N2O3. The van der Waals surface area contributed by atoms with Crippen LogP contribution in [0.15, 0.2) is 24.3 Å². The molecule has 0 N–H and O–H groups in total. The second-order valence-corrected chi connectivity index (χ2v) is 9.44. The van der Waals surface area contributed by atoms with E-state index < -0.39 is 0 Å². The second-order valence-electron chi connectivity index (χ2n) is 9.44. The van der Waals surface area contributed by atoms with Crippen molar-refractivity contribution in [3.63, 3.8) is 0 Å². The standard InChI is InChI=1S/C24H36N2O3/c1-5-29-23(28)25-15-12-21(13-16-25)26-14-6-7-19(17-26)22(27)18-8-10-20(11-9-18)24(2,3)4/h8-11,19,21H,5-7,12-17H2,1-4H3/t19-/m1/s1. The minimum absolute atomic E-state index is 0.0762. The number of likely N-dealkylation sites (tertiary alicyclic amines) is 2. The predicted molar refractivity (Wildman–Crippen MR) is 115 cm³/mol. The van der Waals surface area contributed by atoms with E-state index in [2.05, 4.69) is 37.8 Å². The molecule has 0 aliphatic carbocycles. The highest BCUT2D eigenvalue weighted by Gasteiger charge is 2.33. The molecule has 2 saturated heterocycles. The fraction of sp³-hybridized carbons (Fsp3) is 0.667. The number of hydrogen-bond donors (Lipinski definition) is 0. The van der Waals surface area contributed by atoms with Gasteiger partial charge in [0.2, 0.25) is 0 Å². The summed E-state index contributed by atoms with van der Waals surface area (Å²) in [6.07, 6.45) is 3.75. The summed E-state index contributed by atoms with van der Waals surface area (Å²) in [6, 6.07) is 8.65. The average Bonchev–Trinajstić information content (AvgIpc) is 2.73. The molecule has 1 aromatic carbocycles. The van der Waals surface area contributed by atoms with Crippen molar-refractivity contribution in [1.82, 2.24) is 9.80 Å². The van der Waals surface area contributed by atoms with E-state index in [1.54, 1.807) is 0 Å². The number of carbonyl (C=O) groups excluding carboxylic acids is 2. The lowest BCUT2D eigenvalue weighted by Gasteiger charge is -2.41. The molecule has 2 heterocycles. The Balaban J connectivity index is 1.57. The molecular weight excluding hydrogens is 364 g/mol. The van der Waals surface area contributed by atoms with Crippen LogP contribution in [0, 0.1) is 5.92 Å². The zero-order valence-corrected chi connectivity index (χ0v) is 18.4. The first kappa shape index (κ1) is 21.8. The van der Waals surface area contributed by atoms with Crippen LogP contribution in [0.1, 0.15) is 69.3 Å². The van der Waals surface area contributed by atoms with Gasteiger partial charge < -0.3 is 9.64 Å². The molecule has 1 aromatic rings. The Labute approximate surface area is 175 Å². The molecule has 29 heavy (non-hydrogen) atoms. The Morgan fingerprint density at radius 3 is 2.28 bits per heavy atom. The molecule has 0 spiro atoms. The number of rotatable bonds is 4. The normalized spacial score (nSPS) is 21.8. The molecule has 0 aromatic heterocycles. The van der Waals surface area contributed by atoms with Gasteiger partial charge in [0.25, 0.3) is 0 Å². The van der Waals surface area contributed by atoms with Crippen molar-refractivity contribution in [2.75, 3.05) is 32.8 Å². The van der Waals surface area contributed by atoms with Crippen LogP contribution in [-0.4, -0.2) is 60.5 Å². The highest BCUT2D eigenvalue weighted by atomic mass is 16.6. The number of ether oxygens (including phenoxy) is 1. The lowest BCUT2D eigenvalue weighted by atomic mass is 9.84. The van der Waals surface area contributed by atoms with E-state index >= 15 is 0 Å². The Morgan fingerprint density at radius 1 is 1.03 bits per heavy atom. The van der Waals surface area contributed by atoms with Crippen LogP contribution >= 0.6 is 0 Å². The van der Waals surface area contributed by atoms with Gasteiger partial charge in [0.1, 0.15) is 0 Å². The lowest BCUT2D eigenvalue weighted by Crippen LogP contribution is -2.50. The summed E-state index contributed by atoms with van der Waals surface area (Å²) in [5, 5.41) is 0. The number of carbonyl (C=O) groups is 2. The van der Waals surface area contributed by atoms with E-state index in [4.69, 9.17) is 4.74 Å². The molecule has 0 bridgehead atoms. The molecule has 0 radical (unpaired) electrons. The number of ketones is 1. The number of benzene rings is 1. The summed E-state index contributed by atoms with van der Waals surface area (Å²) in [5.74, 6) is 0.353. The van der Waals surface area contributed by atoms with E-state index in [1.165, 1.54) is 5.56 Å². The van der Waals surface area contributed by atoms with Crippen molar-refractivity contribution in [1.29, 1.82) is 0 Å². The van der Waals surface area contributed by atoms with Crippen molar-refractivity contribution in [2.45, 2.75) is 64.8 Å². The first-order chi connectivity index (χ1) is 13.8. The Bertz CT molecular complexity index is 700. The highest BCUT2D eigenvalue weighted by Crippen LogP contribution is 2.28. The van der Waals surface area contributed by atoms with Gasteiger partial charge in [-0.05, 0) is 50.1 Å². The lowest BCUT2D eigenvalue weighted by molar-refractivity contribution is 0.0532. The van der Waals surface area contributed by atoms with Gasteiger partial charge in [-0.25, -0.2) is 4.79 Å². The van der Waals surface area contributed by atoms with Gasteiger partial charge in [0.15, 0.2) is 5.78 Å². The number of nitrogens with zero attached hydrogens (tertiary/aromatic N) is 2. The molecule has 3 rings (SSSR count). The van der Waals surface area contributed by atoms with Crippen LogP contribution in [0.2, 0.25) is 0 Å². The van der Waals surface area contributed by atoms with Crippen LogP contribution in [0.5, 0.6) is 0 Å². The molecule has 0 saturated carbocycles. The van der Waals surface area contributed by atoms with E-state index in [0.29, 0.717) is 12.6 Å². The molecule has 160 valence electrons. The van der Waals surface area contributed by atoms with E-state index in [-0.39, 0.29) is 23.2 Å². The van der Waals surface area contributed by atoms with Crippen molar-refractivity contribution >= 4 is 11.9 Å². The molecule has 1 atom stereocenters. The molecule has 0 unspecified atom stereocenters. The average molecular weight is 401 g/mol. The maximum absolute atomic E-state index is 13.1. The van der Waals surface area contributed by atoms with E-state index in [1.807, 2.05) is 24.0 Å².